The second kappa shape index (κ2) is 10.3. The fraction of sp³-hybridized carbons (Fsp3) is 0.136. The molecule has 0 saturated heterocycles. The van der Waals surface area contributed by atoms with Crippen LogP contribution in [-0.4, -0.2) is 37.5 Å². The zero-order valence-corrected chi connectivity index (χ0v) is 17.1. The van der Waals surface area contributed by atoms with Crippen LogP contribution in [-0.2, 0) is 15.6 Å². The highest BCUT2D eigenvalue weighted by Crippen LogP contribution is 2.36. The van der Waals surface area contributed by atoms with E-state index in [1.54, 1.807) is 36.4 Å². The van der Waals surface area contributed by atoms with E-state index >= 15 is 0 Å². The van der Waals surface area contributed by atoms with Gasteiger partial charge in [-0.2, -0.15) is 0 Å². The number of aromatic carboxylic acids is 1. The van der Waals surface area contributed by atoms with E-state index in [1.807, 2.05) is 6.07 Å². The van der Waals surface area contributed by atoms with Gasteiger partial charge in [-0.3, -0.25) is 0 Å². The van der Waals surface area contributed by atoms with Gasteiger partial charge >= 0.3 is 5.97 Å². The van der Waals surface area contributed by atoms with Crippen molar-refractivity contribution in [2.75, 3.05) is 12.9 Å². The molecule has 0 saturated carbocycles. The highest BCUT2D eigenvalue weighted by Gasteiger charge is 2.24. The highest BCUT2D eigenvalue weighted by atomic mass is 32.2. The number of phenols is 1. The van der Waals surface area contributed by atoms with Crippen LogP contribution in [0.3, 0.4) is 0 Å². The summed E-state index contributed by atoms with van der Waals surface area (Å²) in [7, 11) is -2.15. The molecule has 0 aliphatic heterocycles. The monoisotopic (exact) mass is 430 g/mol. The maximum Gasteiger partial charge on any atom is 0.339 e. The average Bonchev–Trinajstić information content (AvgIpc) is 3.22. The molecule has 7 nitrogen and oxygen atoms in total. The fourth-order valence-corrected chi connectivity index (χ4v) is 3.93. The Labute approximate surface area is 174 Å². The molecule has 0 bridgehead atoms. The van der Waals surface area contributed by atoms with Gasteiger partial charge in [0.1, 0.15) is 17.1 Å². The van der Waals surface area contributed by atoms with Crippen molar-refractivity contribution in [2.24, 2.45) is 0 Å². The van der Waals surface area contributed by atoms with Crippen LogP contribution in [0.4, 0.5) is 0 Å². The van der Waals surface area contributed by atoms with Crippen LogP contribution in [0.2, 0.25) is 0 Å². The quantitative estimate of drug-likeness (QED) is 0.541. The molecular formula is C22H22O7S. The second-order valence-corrected chi connectivity index (χ2v) is 8.29. The first-order chi connectivity index (χ1) is 14.3. The van der Waals surface area contributed by atoms with Gasteiger partial charge in [0.05, 0.1) is 31.1 Å². The summed E-state index contributed by atoms with van der Waals surface area (Å²) in [4.78, 5) is 11.6. The van der Waals surface area contributed by atoms with E-state index in [0.717, 1.165) is 0 Å². The Bertz CT molecular complexity index is 1090. The van der Waals surface area contributed by atoms with Gasteiger partial charge in [-0.25, -0.2) is 13.2 Å². The van der Waals surface area contributed by atoms with Crippen LogP contribution >= 0.6 is 0 Å². The van der Waals surface area contributed by atoms with E-state index in [-0.39, 0.29) is 22.6 Å². The number of carbonyl (C=O) groups is 1. The van der Waals surface area contributed by atoms with Gasteiger partial charge in [-0.1, -0.05) is 36.4 Å². The van der Waals surface area contributed by atoms with Crippen LogP contribution in [0.15, 0.2) is 78.1 Å². The molecule has 0 fully saturated rings. The number of methoxy groups -OCH3 is 1. The Balaban J connectivity index is 0.000000386. The Hall–Kier alpha value is -3.52. The third-order valence-electron chi connectivity index (χ3n) is 4.00. The normalized spacial score (nSPS) is 10.6. The van der Waals surface area contributed by atoms with E-state index in [1.165, 1.54) is 31.8 Å². The molecule has 2 aromatic carbocycles. The van der Waals surface area contributed by atoms with Gasteiger partial charge in [-0.05, 0) is 23.8 Å². The summed E-state index contributed by atoms with van der Waals surface area (Å²) >= 11 is 0. The molecule has 2 N–H and O–H groups in total. The Morgan fingerprint density at radius 2 is 1.87 bits per heavy atom. The third-order valence-corrected chi connectivity index (χ3v) is 5.49. The number of hydrogen-bond acceptors (Lipinski definition) is 6. The number of para-hydroxylation sites is 1. The molecule has 0 amide bonds. The van der Waals surface area contributed by atoms with E-state index in [0.29, 0.717) is 16.9 Å². The van der Waals surface area contributed by atoms with Crippen molar-refractivity contribution in [1.29, 1.82) is 0 Å². The first-order valence-corrected chi connectivity index (χ1v) is 10.6. The van der Waals surface area contributed by atoms with Crippen molar-refractivity contribution in [2.45, 2.75) is 5.75 Å². The summed E-state index contributed by atoms with van der Waals surface area (Å²) in [5.74, 6) is -1.45. The van der Waals surface area contributed by atoms with Gasteiger partial charge < -0.3 is 19.4 Å². The van der Waals surface area contributed by atoms with Crippen molar-refractivity contribution >= 4 is 15.8 Å². The van der Waals surface area contributed by atoms with Crippen molar-refractivity contribution in [3.63, 3.8) is 0 Å². The molecule has 1 heterocycles. The van der Waals surface area contributed by atoms with E-state index < -0.39 is 21.6 Å². The molecule has 30 heavy (non-hydrogen) atoms. The van der Waals surface area contributed by atoms with Crippen molar-refractivity contribution < 1.29 is 32.6 Å². The fourth-order valence-electron chi connectivity index (χ4n) is 2.74. The largest absolute Gasteiger partial charge is 0.508 e. The summed E-state index contributed by atoms with van der Waals surface area (Å²) in [6, 6.07) is 13.5. The predicted octanol–water partition coefficient (Wildman–Crippen LogP) is 4.15. The number of furan rings is 1. The van der Waals surface area contributed by atoms with Crippen LogP contribution in [0.5, 0.6) is 11.5 Å². The summed E-state index contributed by atoms with van der Waals surface area (Å²) in [6.07, 6.45) is 4.18. The molecule has 0 aliphatic carbocycles. The number of aromatic hydroxyl groups is 1. The standard InChI is InChI=1S/C16H16O6S.C6H6O/c1-3-8-23(19,20)10-12-4-5-13(11-6-7-22-9-11)15(21-2)14(12)16(17)18;7-6-4-2-1-3-5-6/h3-7,9H,1,8,10H2,2H3,(H,17,18);1-5,7H. The van der Waals surface area contributed by atoms with Crippen molar-refractivity contribution in [3.8, 4) is 22.6 Å². The zero-order valence-electron chi connectivity index (χ0n) is 16.3. The van der Waals surface area contributed by atoms with E-state index in [2.05, 4.69) is 6.58 Å². The molecule has 0 atom stereocenters. The number of sulfone groups is 1. The first-order valence-electron chi connectivity index (χ1n) is 8.80. The predicted molar refractivity (Wildman–Crippen MR) is 113 cm³/mol. The number of carboxylic acid groups (broad SMARTS) is 1. The van der Waals surface area contributed by atoms with Gasteiger partial charge in [0.2, 0.25) is 0 Å². The number of rotatable bonds is 7. The molecule has 158 valence electrons. The topological polar surface area (TPSA) is 114 Å². The SMILES string of the molecule is C=CCS(=O)(=O)Cc1ccc(-c2ccoc2)c(OC)c1C(=O)O.Oc1ccccc1. The number of ether oxygens (including phenoxy) is 1. The van der Waals surface area contributed by atoms with Crippen LogP contribution in [0.25, 0.3) is 11.1 Å². The number of carboxylic acids is 1. The van der Waals surface area contributed by atoms with Crippen molar-refractivity contribution in [1.82, 2.24) is 0 Å². The van der Waals surface area contributed by atoms with Crippen LogP contribution in [0, 0.1) is 0 Å². The lowest BCUT2D eigenvalue weighted by Crippen LogP contribution is -2.13. The molecule has 0 unspecified atom stereocenters. The van der Waals surface area contributed by atoms with Gasteiger partial charge in [0, 0.05) is 11.1 Å². The third kappa shape index (κ3) is 5.99. The highest BCUT2D eigenvalue weighted by molar-refractivity contribution is 7.90. The van der Waals surface area contributed by atoms with E-state index in [4.69, 9.17) is 14.3 Å². The maximum absolute atomic E-state index is 12.0. The zero-order chi connectivity index (χ0) is 22.1. The molecular weight excluding hydrogens is 408 g/mol. The minimum Gasteiger partial charge on any atom is -0.508 e. The number of phenolic OH excluding ortho intramolecular Hbond substituents is 1. The summed E-state index contributed by atoms with van der Waals surface area (Å²) in [6.45, 7) is 3.40. The van der Waals surface area contributed by atoms with Gasteiger partial charge in [-0.15, -0.1) is 6.58 Å². The van der Waals surface area contributed by atoms with Crippen LogP contribution in [0.1, 0.15) is 15.9 Å². The summed E-state index contributed by atoms with van der Waals surface area (Å²) < 4.78 is 34.2. The Morgan fingerprint density at radius 1 is 1.17 bits per heavy atom. The maximum atomic E-state index is 12.0. The minimum absolute atomic E-state index is 0.102. The van der Waals surface area contributed by atoms with Gasteiger partial charge in [0.15, 0.2) is 9.84 Å². The molecule has 0 spiro atoms. The average molecular weight is 430 g/mol. The van der Waals surface area contributed by atoms with E-state index in [9.17, 15) is 18.3 Å². The molecule has 3 rings (SSSR count). The lowest BCUT2D eigenvalue weighted by molar-refractivity contribution is 0.0692. The molecule has 3 aromatic rings. The molecule has 1 aromatic heterocycles. The Kier molecular flexibility index (Phi) is 7.83. The molecule has 8 heteroatoms. The number of hydrogen-bond donors (Lipinski definition) is 2. The molecule has 0 radical (unpaired) electrons. The van der Waals surface area contributed by atoms with Gasteiger partial charge in [0.25, 0.3) is 0 Å². The minimum atomic E-state index is -3.49. The lowest BCUT2D eigenvalue weighted by atomic mass is 9.99. The van der Waals surface area contributed by atoms with Crippen LogP contribution < -0.4 is 4.74 Å². The lowest BCUT2D eigenvalue weighted by Gasteiger charge is -2.14. The second-order valence-electron chi connectivity index (χ2n) is 6.18. The smallest absolute Gasteiger partial charge is 0.339 e. The number of benzene rings is 2. The summed E-state index contributed by atoms with van der Waals surface area (Å²) in [5, 5.41) is 18.1. The van der Waals surface area contributed by atoms with Crippen molar-refractivity contribution in [3.05, 3.63) is 84.8 Å². The summed E-state index contributed by atoms with van der Waals surface area (Å²) in [5.41, 5.74) is 1.16. The Morgan fingerprint density at radius 3 is 2.33 bits per heavy atom. The first kappa shape index (κ1) is 22.8. The molecule has 0 aliphatic rings.